The fraction of sp³-hybridized carbons (Fsp3) is 0.214. The highest BCUT2D eigenvalue weighted by molar-refractivity contribution is 9.11. The van der Waals surface area contributed by atoms with E-state index in [1.807, 2.05) is 18.2 Å². The summed E-state index contributed by atoms with van der Waals surface area (Å²) in [5.74, 6) is 0.692. The largest absolute Gasteiger partial charge is 0.493 e. The van der Waals surface area contributed by atoms with Crippen molar-refractivity contribution in [3.63, 3.8) is 0 Å². The Labute approximate surface area is 123 Å². The van der Waals surface area contributed by atoms with E-state index >= 15 is 0 Å². The lowest BCUT2D eigenvalue weighted by molar-refractivity contribution is 0.0962. The van der Waals surface area contributed by atoms with E-state index in [-0.39, 0.29) is 5.91 Å². The number of carbonyl (C=O) groups is 1. The molecule has 0 radical (unpaired) electrons. The number of ether oxygens (including phenoxy) is 1. The number of halogens is 1. The molecule has 0 aliphatic carbocycles. The lowest BCUT2D eigenvalue weighted by atomic mass is 10.1. The second-order valence-electron chi connectivity index (χ2n) is 4.29. The third kappa shape index (κ3) is 2.28. The Balaban J connectivity index is 2.12. The monoisotopic (exact) mass is 337 g/mol. The molecule has 2 heterocycles. The molecule has 1 aliphatic rings. The smallest absolute Gasteiger partial charge is 0.251 e. The number of hydrogen-bond donors (Lipinski definition) is 1. The van der Waals surface area contributed by atoms with Crippen LogP contribution in [0.3, 0.4) is 0 Å². The fourth-order valence-corrected chi connectivity index (χ4v) is 3.92. The molecule has 1 N–H and O–H groups in total. The summed E-state index contributed by atoms with van der Waals surface area (Å²) in [6.45, 7) is 0.639. The minimum Gasteiger partial charge on any atom is -0.493 e. The molecule has 0 spiro atoms. The number of benzene rings is 1. The Morgan fingerprint density at radius 3 is 3.05 bits per heavy atom. The Hall–Kier alpha value is -1.33. The van der Waals surface area contributed by atoms with Crippen LogP contribution in [0.1, 0.15) is 15.9 Å². The zero-order chi connectivity index (χ0) is 13.4. The van der Waals surface area contributed by atoms with Crippen molar-refractivity contribution in [2.75, 3.05) is 13.7 Å². The van der Waals surface area contributed by atoms with Gasteiger partial charge in [0.2, 0.25) is 0 Å². The van der Waals surface area contributed by atoms with Gasteiger partial charge in [0.25, 0.3) is 5.91 Å². The van der Waals surface area contributed by atoms with Crippen LogP contribution in [-0.4, -0.2) is 19.6 Å². The van der Waals surface area contributed by atoms with Crippen LogP contribution in [-0.2, 0) is 6.42 Å². The first-order valence-corrected chi connectivity index (χ1v) is 7.57. The molecular formula is C14H12BrNO2S. The van der Waals surface area contributed by atoms with E-state index in [4.69, 9.17) is 4.74 Å². The predicted octanol–water partition coefficient (Wildman–Crippen LogP) is 3.47. The van der Waals surface area contributed by atoms with E-state index in [1.165, 1.54) is 10.4 Å². The zero-order valence-corrected chi connectivity index (χ0v) is 12.7. The number of nitrogens with one attached hydrogen (secondary N) is 1. The third-order valence-corrected chi connectivity index (χ3v) is 4.84. The Morgan fingerprint density at radius 1 is 1.42 bits per heavy atom. The highest BCUT2D eigenvalue weighted by Crippen LogP contribution is 2.42. The molecule has 19 heavy (non-hydrogen) atoms. The molecule has 0 fully saturated rings. The van der Waals surface area contributed by atoms with Crippen molar-refractivity contribution in [1.29, 1.82) is 0 Å². The number of thiophene rings is 1. The van der Waals surface area contributed by atoms with Gasteiger partial charge in [0, 0.05) is 29.5 Å². The van der Waals surface area contributed by atoms with Gasteiger partial charge in [0.1, 0.15) is 5.75 Å². The molecule has 0 bridgehead atoms. The summed E-state index contributed by atoms with van der Waals surface area (Å²) in [6.07, 6.45) is 0.890. The molecule has 3 rings (SSSR count). The van der Waals surface area contributed by atoms with Gasteiger partial charge >= 0.3 is 0 Å². The lowest BCUT2D eigenvalue weighted by Gasteiger charge is -2.09. The average molecular weight is 338 g/mol. The van der Waals surface area contributed by atoms with Crippen molar-refractivity contribution in [3.8, 4) is 16.2 Å². The molecule has 0 saturated carbocycles. The van der Waals surface area contributed by atoms with Crippen molar-refractivity contribution >= 4 is 33.2 Å². The Kier molecular flexibility index (Phi) is 3.33. The van der Waals surface area contributed by atoms with Gasteiger partial charge < -0.3 is 10.1 Å². The lowest BCUT2D eigenvalue weighted by Crippen LogP contribution is -2.17. The molecular weight excluding hydrogens is 326 g/mol. The number of hydrogen-bond acceptors (Lipinski definition) is 3. The van der Waals surface area contributed by atoms with Crippen LogP contribution >= 0.6 is 27.3 Å². The average Bonchev–Trinajstić information content (AvgIpc) is 2.70. The van der Waals surface area contributed by atoms with E-state index in [9.17, 15) is 4.79 Å². The standard InChI is InChI=1S/C14H12BrNO2S/c1-16-14(17)9-2-3-10-11(6-9)18-5-4-8-7-12(15)19-13(8)10/h2-3,6-7H,4-5H2,1H3,(H,16,17). The van der Waals surface area contributed by atoms with Gasteiger partial charge in [-0.05, 0) is 45.8 Å². The zero-order valence-electron chi connectivity index (χ0n) is 10.3. The first-order valence-electron chi connectivity index (χ1n) is 5.96. The molecule has 5 heteroatoms. The highest BCUT2D eigenvalue weighted by atomic mass is 79.9. The van der Waals surface area contributed by atoms with E-state index in [0.717, 1.165) is 21.5 Å². The highest BCUT2D eigenvalue weighted by Gasteiger charge is 2.19. The number of carbonyl (C=O) groups excluding carboxylic acids is 1. The number of amides is 1. The van der Waals surface area contributed by atoms with Gasteiger partial charge in [-0.25, -0.2) is 0 Å². The maximum absolute atomic E-state index is 11.7. The van der Waals surface area contributed by atoms with Crippen LogP contribution in [0.25, 0.3) is 10.4 Å². The van der Waals surface area contributed by atoms with E-state index in [0.29, 0.717) is 12.2 Å². The van der Waals surface area contributed by atoms with Crippen LogP contribution in [0.5, 0.6) is 5.75 Å². The van der Waals surface area contributed by atoms with Crippen molar-refractivity contribution in [2.24, 2.45) is 0 Å². The normalized spacial score (nSPS) is 12.9. The molecule has 1 aromatic heterocycles. The summed E-state index contributed by atoms with van der Waals surface area (Å²) < 4.78 is 6.90. The van der Waals surface area contributed by atoms with Crippen molar-refractivity contribution in [2.45, 2.75) is 6.42 Å². The van der Waals surface area contributed by atoms with Gasteiger partial charge in [-0.3, -0.25) is 4.79 Å². The third-order valence-electron chi connectivity index (χ3n) is 3.12. The topological polar surface area (TPSA) is 38.3 Å². The summed E-state index contributed by atoms with van der Waals surface area (Å²) >= 11 is 5.23. The van der Waals surface area contributed by atoms with Gasteiger partial charge in [-0.2, -0.15) is 0 Å². The maximum atomic E-state index is 11.7. The SMILES string of the molecule is CNC(=O)c1ccc2c(c1)OCCc1cc(Br)sc1-2. The van der Waals surface area contributed by atoms with Gasteiger partial charge in [0.15, 0.2) is 0 Å². The van der Waals surface area contributed by atoms with Crippen LogP contribution in [0, 0.1) is 0 Å². The molecule has 1 aliphatic heterocycles. The first-order chi connectivity index (χ1) is 9.19. The molecule has 0 saturated heterocycles. The maximum Gasteiger partial charge on any atom is 0.251 e. The van der Waals surface area contributed by atoms with Gasteiger partial charge in [0.05, 0.1) is 10.4 Å². The summed E-state index contributed by atoms with van der Waals surface area (Å²) in [5.41, 5.74) is 2.99. The molecule has 1 amide bonds. The molecule has 0 unspecified atom stereocenters. The summed E-state index contributed by atoms with van der Waals surface area (Å²) in [7, 11) is 1.63. The van der Waals surface area contributed by atoms with E-state index < -0.39 is 0 Å². The molecule has 98 valence electrons. The second-order valence-corrected chi connectivity index (χ2v) is 6.72. The summed E-state index contributed by atoms with van der Waals surface area (Å²) in [5, 5.41) is 2.63. The van der Waals surface area contributed by atoms with Crippen molar-refractivity contribution < 1.29 is 9.53 Å². The van der Waals surface area contributed by atoms with Crippen LogP contribution in [0.4, 0.5) is 0 Å². The molecule has 3 nitrogen and oxygen atoms in total. The summed E-state index contributed by atoms with van der Waals surface area (Å²) in [4.78, 5) is 12.9. The number of fused-ring (bicyclic) bond motifs is 3. The van der Waals surface area contributed by atoms with Crippen LogP contribution < -0.4 is 10.1 Å². The Bertz CT molecular complexity index is 651. The first kappa shape index (κ1) is 12.7. The second kappa shape index (κ2) is 4.98. The van der Waals surface area contributed by atoms with Crippen LogP contribution in [0.2, 0.25) is 0 Å². The Morgan fingerprint density at radius 2 is 2.26 bits per heavy atom. The van der Waals surface area contributed by atoms with E-state index in [1.54, 1.807) is 18.4 Å². The van der Waals surface area contributed by atoms with Gasteiger partial charge in [-0.15, -0.1) is 11.3 Å². The quantitative estimate of drug-likeness (QED) is 0.865. The minimum atomic E-state index is -0.0942. The molecule has 2 aromatic rings. The van der Waals surface area contributed by atoms with E-state index in [2.05, 4.69) is 27.3 Å². The molecule has 1 aromatic carbocycles. The number of rotatable bonds is 1. The minimum absolute atomic E-state index is 0.0942. The van der Waals surface area contributed by atoms with Gasteiger partial charge in [-0.1, -0.05) is 0 Å². The van der Waals surface area contributed by atoms with Crippen LogP contribution in [0.15, 0.2) is 28.1 Å². The molecule has 0 atom stereocenters. The van der Waals surface area contributed by atoms with Crippen molar-refractivity contribution in [3.05, 3.63) is 39.2 Å². The fourth-order valence-electron chi connectivity index (χ4n) is 2.19. The predicted molar refractivity (Wildman–Crippen MR) is 80.0 cm³/mol. The summed E-state index contributed by atoms with van der Waals surface area (Å²) in [6, 6.07) is 7.76. The van der Waals surface area contributed by atoms with Crippen molar-refractivity contribution in [1.82, 2.24) is 5.32 Å².